The van der Waals surface area contributed by atoms with Gasteiger partial charge in [-0.1, -0.05) is 12.1 Å². The number of carbonyl (C=O) groups is 1. The highest BCUT2D eigenvalue weighted by atomic mass is 16.5. The van der Waals surface area contributed by atoms with Crippen LogP contribution in [-0.4, -0.2) is 19.0 Å². The summed E-state index contributed by atoms with van der Waals surface area (Å²) >= 11 is 0. The molecule has 0 aromatic heterocycles. The Morgan fingerprint density at radius 1 is 1.22 bits per heavy atom. The molecular weight excluding hydrogens is 230 g/mol. The maximum atomic E-state index is 11.8. The maximum absolute atomic E-state index is 11.8. The van der Waals surface area contributed by atoms with Gasteiger partial charge in [-0.2, -0.15) is 4.99 Å². The summed E-state index contributed by atoms with van der Waals surface area (Å²) in [5, 5.41) is 1.68. The summed E-state index contributed by atoms with van der Waals surface area (Å²) in [5.74, 6) is 0.0326. The molecule has 0 aliphatic carbocycles. The Balaban J connectivity index is 2.59. The van der Waals surface area contributed by atoms with Crippen molar-refractivity contribution in [1.82, 2.24) is 0 Å². The van der Waals surface area contributed by atoms with Crippen LogP contribution in [0.5, 0.6) is 5.75 Å². The van der Waals surface area contributed by atoms with E-state index in [1.807, 2.05) is 18.2 Å². The summed E-state index contributed by atoms with van der Waals surface area (Å²) in [6.07, 6.45) is 0. The monoisotopic (exact) mass is 243 g/mol. The number of aliphatic imine (C=N–C) groups is 1. The van der Waals surface area contributed by atoms with Crippen molar-refractivity contribution in [2.45, 2.75) is 0 Å². The number of rotatable bonds is 2. The van der Waals surface area contributed by atoms with Crippen LogP contribution in [0, 0.1) is 0 Å². The molecular formula is C13H13N3O2. The lowest BCUT2D eigenvalue weighted by atomic mass is 10.0. The standard InChI is InChI=1S/C13H13N3O2/c1-18-9-5-6-10-8(7-9)3-2-4-11(10)12(17)16-13(14)15/h2-7H,1H3,(H4,14,15,16,17). The Bertz CT molecular complexity index is 631. The number of nitrogens with zero attached hydrogens (tertiary/aromatic N) is 1. The second kappa shape index (κ2) is 4.75. The van der Waals surface area contributed by atoms with Gasteiger partial charge in [-0.25, -0.2) is 0 Å². The van der Waals surface area contributed by atoms with Crippen molar-refractivity contribution in [2.75, 3.05) is 7.11 Å². The van der Waals surface area contributed by atoms with Crippen molar-refractivity contribution in [3.8, 4) is 5.75 Å². The van der Waals surface area contributed by atoms with Gasteiger partial charge in [0.1, 0.15) is 5.75 Å². The van der Waals surface area contributed by atoms with Crippen LogP contribution >= 0.6 is 0 Å². The first-order valence-electron chi connectivity index (χ1n) is 5.32. The van der Waals surface area contributed by atoms with Gasteiger partial charge in [-0.15, -0.1) is 0 Å². The van der Waals surface area contributed by atoms with Crippen LogP contribution in [0.2, 0.25) is 0 Å². The predicted molar refractivity (Wildman–Crippen MR) is 70.6 cm³/mol. The third kappa shape index (κ3) is 2.24. The van der Waals surface area contributed by atoms with Crippen molar-refractivity contribution in [3.63, 3.8) is 0 Å². The molecule has 0 aliphatic rings. The molecule has 4 N–H and O–H groups in total. The second-order valence-electron chi connectivity index (χ2n) is 3.73. The normalized spacial score (nSPS) is 10.1. The zero-order valence-electron chi connectivity index (χ0n) is 9.88. The Hall–Kier alpha value is -2.56. The smallest absolute Gasteiger partial charge is 0.280 e. The number of amides is 1. The lowest BCUT2D eigenvalue weighted by Crippen LogP contribution is -2.24. The zero-order chi connectivity index (χ0) is 13.1. The molecule has 0 fully saturated rings. The van der Waals surface area contributed by atoms with Gasteiger partial charge < -0.3 is 16.2 Å². The molecule has 0 heterocycles. The molecule has 0 saturated heterocycles. The SMILES string of the molecule is COc1ccc2c(C(=O)N=C(N)N)cccc2c1. The van der Waals surface area contributed by atoms with Gasteiger partial charge in [0.25, 0.3) is 5.91 Å². The first-order chi connectivity index (χ1) is 8.61. The van der Waals surface area contributed by atoms with Gasteiger partial charge in [0.15, 0.2) is 5.96 Å². The summed E-state index contributed by atoms with van der Waals surface area (Å²) in [5.41, 5.74) is 10.9. The Morgan fingerprint density at radius 2 is 2.00 bits per heavy atom. The minimum absolute atomic E-state index is 0.245. The topological polar surface area (TPSA) is 90.7 Å². The van der Waals surface area contributed by atoms with Crippen LogP contribution in [0.25, 0.3) is 10.8 Å². The van der Waals surface area contributed by atoms with E-state index in [0.29, 0.717) is 5.56 Å². The number of hydrogen-bond donors (Lipinski definition) is 2. The van der Waals surface area contributed by atoms with E-state index in [1.165, 1.54) is 0 Å². The summed E-state index contributed by atoms with van der Waals surface area (Å²) < 4.78 is 5.13. The number of nitrogens with two attached hydrogens (primary N) is 2. The van der Waals surface area contributed by atoms with Gasteiger partial charge >= 0.3 is 0 Å². The zero-order valence-corrected chi connectivity index (χ0v) is 9.88. The molecule has 0 spiro atoms. The number of guanidine groups is 1. The van der Waals surface area contributed by atoms with E-state index in [-0.39, 0.29) is 5.96 Å². The molecule has 5 heteroatoms. The quantitative estimate of drug-likeness (QED) is 0.613. The van der Waals surface area contributed by atoms with E-state index in [0.717, 1.165) is 16.5 Å². The molecule has 1 amide bonds. The highest BCUT2D eigenvalue weighted by molar-refractivity contribution is 6.10. The van der Waals surface area contributed by atoms with E-state index in [9.17, 15) is 4.79 Å². The van der Waals surface area contributed by atoms with Gasteiger partial charge in [0.2, 0.25) is 0 Å². The summed E-state index contributed by atoms with van der Waals surface area (Å²) in [4.78, 5) is 15.4. The minimum atomic E-state index is -0.453. The Morgan fingerprint density at radius 3 is 2.67 bits per heavy atom. The van der Waals surface area contributed by atoms with Gasteiger partial charge in [-0.05, 0) is 35.0 Å². The molecule has 0 bridgehead atoms. The summed E-state index contributed by atoms with van der Waals surface area (Å²) in [6.45, 7) is 0. The third-order valence-electron chi connectivity index (χ3n) is 2.55. The van der Waals surface area contributed by atoms with Gasteiger partial charge in [0, 0.05) is 5.56 Å². The van der Waals surface area contributed by atoms with Gasteiger partial charge in [0.05, 0.1) is 7.11 Å². The molecule has 0 radical (unpaired) electrons. The average molecular weight is 243 g/mol. The Kier molecular flexibility index (Phi) is 3.14. The maximum Gasteiger partial charge on any atom is 0.280 e. The third-order valence-corrected chi connectivity index (χ3v) is 2.55. The van der Waals surface area contributed by atoms with Crippen molar-refractivity contribution in [1.29, 1.82) is 0 Å². The summed E-state index contributed by atoms with van der Waals surface area (Å²) in [7, 11) is 1.59. The van der Waals surface area contributed by atoms with Crippen LogP contribution < -0.4 is 16.2 Å². The molecule has 0 saturated carbocycles. The van der Waals surface area contributed by atoms with Crippen molar-refractivity contribution < 1.29 is 9.53 Å². The number of methoxy groups -OCH3 is 1. The molecule has 0 aliphatic heterocycles. The average Bonchev–Trinajstić information content (AvgIpc) is 2.36. The van der Waals surface area contributed by atoms with Gasteiger partial charge in [-0.3, -0.25) is 4.79 Å². The van der Waals surface area contributed by atoms with Crippen molar-refractivity contribution in [2.24, 2.45) is 16.5 Å². The van der Waals surface area contributed by atoms with E-state index in [2.05, 4.69) is 4.99 Å². The van der Waals surface area contributed by atoms with Crippen LogP contribution in [0.4, 0.5) is 0 Å². The van der Waals surface area contributed by atoms with E-state index >= 15 is 0 Å². The number of fused-ring (bicyclic) bond motifs is 1. The number of carbonyl (C=O) groups excluding carboxylic acids is 1. The fourth-order valence-corrected chi connectivity index (χ4v) is 1.75. The second-order valence-corrected chi connectivity index (χ2v) is 3.73. The molecule has 2 rings (SSSR count). The molecule has 5 nitrogen and oxygen atoms in total. The molecule has 18 heavy (non-hydrogen) atoms. The fourth-order valence-electron chi connectivity index (χ4n) is 1.75. The predicted octanol–water partition coefficient (Wildman–Crippen LogP) is 1.26. The first kappa shape index (κ1) is 11.9. The number of benzene rings is 2. The molecule has 92 valence electrons. The van der Waals surface area contributed by atoms with E-state index < -0.39 is 5.91 Å². The number of hydrogen-bond acceptors (Lipinski definition) is 2. The fraction of sp³-hybridized carbons (Fsp3) is 0.0769. The lowest BCUT2D eigenvalue weighted by Gasteiger charge is -2.05. The van der Waals surface area contributed by atoms with Crippen LogP contribution in [0.3, 0.4) is 0 Å². The molecule has 2 aromatic carbocycles. The molecule has 2 aromatic rings. The number of ether oxygens (including phenoxy) is 1. The largest absolute Gasteiger partial charge is 0.497 e. The first-order valence-corrected chi connectivity index (χ1v) is 5.32. The molecule has 0 unspecified atom stereocenters. The van der Waals surface area contributed by atoms with Crippen molar-refractivity contribution in [3.05, 3.63) is 42.0 Å². The lowest BCUT2D eigenvalue weighted by molar-refractivity contribution is 0.100. The summed E-state index contributed by atoms with van der Waals surface area (Å²) in [6, 6.07) is 10.8. The highest BCUT2D eigenvalue weighted by Crippen LogP contribution is 2.24. The van der Waals surface area contributed by atoms with Crippen molar-refractivity contribution >= 4 is 22.6 Å². The highest BCUT2D eigenvalue weighted by Gasteiger charge is 2.09. The van der Waals surface area contributed by atoms with E-state index in [4.69, 9.17) is 16.2 Å². The molecule has 0 atom stereocenters. The van der Waals surface area contributed by atoms with E-state index in [1.54, 1.807) is 25.3 Å². The Labute approximate surface area is 104 Å². The van der Waals surface area contributed by atoms with Crippen LogP contribution in [0.1, 0.15) is 10.4 Å². The van der Waals surface area contributed by atoms with Crippen LogP contribution in [-0.2, 0) is 0 Å². The van der Waals surface area contributed by atoms with Crippen LogP contribution in [0.15, 0.2) is 41.4 Å². The minimum Gasteiger partial charge on any atom is -0.497 e.